The van der Waals surface area contributed by atoms with Gasteiger partial charge in [-0.25, -0.2) is 0 Å². The van der Waals surface area contributed by atoms with E-state index in [1.165, 1.54) is 5.56 Å². The van der Waals surface area contributed by atoms with Crippen molar-refractivity contribution in [2.45, 2.75) is 38.7 Å². The largest absolute Gasteiger partial charge is 0.375 e. The number of hydrogen-bond acceptors (Lipinski definition) is 3. The molecule has 0 bridgehead atoms. The highest BCUT2D eigenvalue weighted by Crippen LogP contribution is 2.09. The Bertz CT molecular complexity index is 570. The van der Waals surface area contributed by atoms with Crippen molar-refractivity contribution in [3.63, 3.8) is 0 Å². The van der Waals surface area contributed by atoms with Gasteiger partial charge in [-0.3, -0.25) is 4.99 Å². The lowest BCUT2D eigenvalue weighted by Gasteiger charge is -2.14. The maximum Gasteiger partial charge on any atom is 0.107 e. The lowest BCUT2D eigenvalue weighted by molar-refractivity contribution is 0.108. The summed E-state index contributed by atoms with van der Waals surface area (Å²) in [6.07, 6.45) is 10.7. The summed E-state index contributed by atoms with van der Waals surface area (Å²) in [5, 5.41) is 0. The van der Waals surface area contributed by atoms with Gasteiger partial charge in [0.05, 0.1) is 27.3 Å². The van der Waals surface area contributed by atoms with Crippen LogP contribution in [0.1, 0.15) is 12.0 Å². The summed E-state index contributed by atoms with van der Waals surface area (Å²) < 4.78 is 5.87. The molecule has 1 rings (SSSR count). The van der Waals surface area contributed by atoms with E-state index < -0.39 is 8.07 Å². The summed E-state index contributed by atoms with van der Waals surface area (Å²) >= 11 is 1.82. The number of terminal acetylenes is 1. The Balaban J connectivity index is 2.67. The number of aliphatic imine (C=N–C) groups is 1. The molecule has 0 amide bonds. The Labute approximate surface area is 152 Å². The van der Waals surface area contributed by atoms with Crippen LogP contribution in [0.3, 0.4) is 0 Å². The standard InChI is InChI=1S/C20H29NOSSi/c1-6-19(13-15-24(3,4)5)21-20(12-14-23-2)17-22-16-18-10-8-7-9-11-18/h1,7-11,13,15,20H,12,14,16-17H2,2-5H3/b15-13+,21-19?. The number of rotatable bonds is 10. The molecule has 4 heteroatoms. The third kappa shape index (κ3) is 9.77. The van der Waals surface area contributed by atoms with E-state index in [0.29, 0.717) is 13.2 Å². The van der Waals surface area contributed by atoms with Crippen LogP contribution in [0.25, 0.3) is 0 Å². The highest BCUT2D eigenvalue weighted by molar-refractivity contribution is 7.98. The molecule has 0 saturated carbocycles. The van der Waals surface area contributed by atoms with Crippen LogP contribution in [-0.4, -0.2) is 38.4 Å². The highest BCUT2D eigenvalue weighted by atomic mass is 32.2. The fourth-order valence-electron chi connectivity index (χ4n) is 1.98. The van der Waals surface area contributed by atoms with E-state index >= 15 is 0 Å². The lowest BCUT2D eigenvalue weighted by atomic mass is 10.2. The molecule has 0 aromatic heterocycles. The average Bonchev–Trinajstić information content (AvgIpc) is 2.56. The van der Waals surface area contributed by atoms with E-state index in [4.69, 9.17) is 16.2 Å². The van der Waals surface area contributed by atoms with E-state index in [1.807, 2.05) is 36.0 Å². The van der Waals surface area contributed by atoms with Crippen molar-refractivity contribution in [1.82, 2.24) is 0 Å². The second kappa shape index (κ2) is 11.3. The Morgan fingerprint density at radius 2 is 2.04 bits per heavy atom. The number of thioether (sulfide) groups is 1. The molecule has 0 heterocycles. The van der Waals surface area contributed by atoms with E-state index in [2.05, 4.69) is 49.6 Å². The van der Waals surface area contributed by atoms with Gasteiger partial charge in [-0.15, -0.1) is 6.42 Å². The molecular weight excluding hydrogens is 330 g/mol. The predicted molar refractivity (Wildman–Crippen MR) is 112 cm³/mol. The third-order valence-corrected chi connectivity index (χ3v) is 5.10. The number of hydrogen-bond donors (Lipinski definition) is 0. The van der Waals surface area contributed by atoms with Crippen LogP contribution >= 0.6 is 11.8 Å². The molecule has 1 aromatic carbocycles. The molecule has 0 fully saturated rings. The van der Waals surface area contributed by atoms with Crippen molar-refractivity contribution in [1.29, 1.82) is 0 Å². The van der Waals surface area contributed by atoms with Crippen LogP contribution in [0.15, 0.2) is 47.1 Å². The highest BCUT2D eigenvalue weighted by Gasteiger charge is 2.10. The smallest absolute Gasteiger partial charge is 0.107 e. The van der Waals surface area contributed by atoms with E-state index in [1.54, 1.807) is 0 Å². The first-order chi connectivity index (χ1) is 11.4. The van der Waals surface area contributed by atoms with Crippen LogP contribution in [-0.2, 0) is 11.3 Å². The second-order valence-corrected chi connectivity index (χ2v) is 12.8. The Kier molecular flexibility index (Phi) is 9.78. The summed E-state index contributed by atoms with van der Waals surface area (Å²) in [6, 6.07) is 10.3. The minimum Gasteiger partial charge on any atom is -0.375 e. The molecule has 1 aromatic rings. The van der Waals surface area contributed by atoms with Gasteiger partial charge in [-0.1, -0.05) is 61.6 Å². The zero-order valence-corrected chi connectivity index (χ0v) is 17.1. The molecule has 0 radical (unpaired) electrons. The van der Waals surface area contributed by atoms with Gasteiger partial charge >= 0.3 is 0 Å². The van der Waals surface area contributed by atoms with Gasteiger partial charge in [0.15, 0.2) is 0 Å². The summed E-state index contributed by atoms with van der Waals surface area (Å²) in [5.74, 6) is 3.77. The Morgan fingerprint density at radius 3 is 2.62 bits per heavy atom. The van der Waals surface area contributed by atoms with Crippen LogP contribution < -0.4 is 0 Å². The second-order valence-electron chi connectivity index (χ2n) is 6.79. The fraction of sp³-hybridized carbons (Fsp3) is 0.450. The molecule has 1 atom stereocenters. The first-order valence-corrected chi connectivity index (χ1v) is 13.3. The molecule has 2 nitrogen and oxygen atoms in total. The number of ether oxygens (including phenoxy) is 1. The summed E-state index contributed by atoms with van der Waals surface area (Å²) in [6.45, 7) is 8.06. The van der Waals surface area contributed by atoms with Crippen LogP contribution in [0, 0.1) is 12.3 Å². The van der Waals surface area contributed by atoms with Gasteiger partial charge in [-0.2, -0.15) is 11.8 Å². The summed E-state index contributed by atoms with van der Waals surface area (Å²) in [4.78, 5) is 4.74. The first-order valence-electron chi connectivity index (χ1n) is 8.29. The lowest BCUT2D eigenvalue weighted by Crippen LogP contribution is -2.18. The fourth-order valence-corrected chi connectivity index (χ4v) is 3.15. The Morgan fingerprint density at radius 1 is 1.33 bits per heavy atom. The Hall–Kier alpha value is -1.28. The van der Waals surface area contributed by atoms with Gasteiger partial charge in [0.25, 0.3) is 0 Å². The third-order valence-electron chi connectivity index (χ3n) is 3.29. The van der Waals surface area contributed by atoms with Gasteiger partial charge in [-0.05, 0) is 30.1 Å². The van der Waals surface area contributed by atoms with Crippen LogP contribution in [0.4, 0.5) is 0 Å². The van der Waals surface area contributed by atoms with Crippen molar-refractivity contribution >= 4 is 25.5 Å². The van der Waals surface area contributed by atoms with Crippen molar-refractivity contribution in [2.75, 3.05) is 18.6 Å². The molecule has 0 aliphatic carbocycles. The molecule has 0 spiro atoms. The quantitative estimate of drug-likeness (QED) is 0.339. The molecular formula is C20H29NOSSi. The minimum absolute atomic E-state index is 0.110. The average molecular weight is 360 g/mol. The van der Waals surface area contributed by atoms with Crippen LogP contribution in [0.2, 0.25) is 19.6 Å². The monoisotopic (exact) mass is 359 g/mol. The van der Waals surface area contributed by atoms with Gasteiger partial charge in [0.2, 0.25) is 0 Å². The normalized spacial score (nSPS) is 13.9. The van der Waals surface area contributed by atoms with Crippen LogP contribution in [0.5, 0.6) is 0 Å². The molecule has 0 aliphatic heterocycles. The van der Waals surface area contributed by atoms with E-state index in [0.717, 1.165) is 17.9 Å². The molecule has 130 valence electrons. The van der Waals surface area contributed by atoms with Gasteiger partial charge in [0, 0.05) is 0 Å². The maximum atomic E-state index is 5.87. The molecule has 0 saturated heterocycles. The van der Waals surface area contributed by atoms with E-state index in [-0.39, 0.29) is 6.04 Å². The SMILES string of the molecule is C#CC(/C=C/[Si](C)(C)C)=NC(CCSC)COCc1ccccc1. The number of benzene rings is 1. The van der Waals surface area contributed by atoms with E-state index in [9.17, 15) is 0 Å². The molecule has 24 heavy (non-hydrogen) atoms. The van der Waals surface area contributed by atoms with Crippen molar-refractivity contribution < 1.29 is 4.74 Å². The number of allylic oxidation sites excluding steroid dienone is 1. The zero-order chi connectivity index (χ0) is 17.8. The molecule has 1 unspecified atom stereocenters. The van der Waals surface area contributed by atoms with Crippen molar-refractivity contribution in [3.05, 3.63) is 47.7 Å². The van der Waals surface area contributed by atoms with Crippen molar-refractivity contribution in [3.8, 4) is 12.3 Å². The minimum atomic E-state index is -1.27. The summed E-state index contributed by atoms with van der Waals surface area (Å²) in [5.41, 5.74) is 4.15. The topological polar surface area (TPSA) is 21.6 Å². The summed E-state index contributed by atoms with van der Waals surface area (Å²) in [7, 11) is -1.27. The van der Waals surface area contributed by atoms with Gasteiger partial charge in [0.1, 0.15) is 5.71 Å². The van der Waals surface area contributed by atoms with Crippen molar-refractivity contribution in [2.24, 2.45) is 4.99 Å². The number of nitrogens with zero attached hydrogens (tertiary/aromatic N) is 1. The molecule has 0 N–H and O–H groups in total. The maximum absolute atomic E-state index is 5.87. The zero-order valence-electron chi connectivity index (χ0n) is 15.3. The van der Waals surface area contributed by atoms with Gasteiger partial charge < -0.3 is 4.74 Å². The predicted octanol–water partition coefficient (Wildman–Crippen LogP) is 4.83. The molecule has 0 aliphatic rings. The first kappa shape index (κ1) is 20.8.